The van der Waals surface area contributed by atoms with Gasteiger partial charge < -0.3 is 4.74 Å². The summed E-state index contributed by atoms with van der Waals surface area (Å²) in [4.78, 5) is 6.66. The molecule has 0 N–H and O–H groups in total. The first-order valence-corrected chi connectivity index (χ1v) is 9.18. The van der Waals surface area contributed by atoms with Crippen molar-refractivity contribution in [2.75, 3.05) is 18.8 Å². The summed E-state index contributed by atoms with van der Waals surface area (Å²) in [5.41, 5.74) is 1.45. The van der Waals surface area contributed by atoms with E-state index in [-0.39, 0.29) is 0 Å². The lowest BCUT2D eigenvalue weighted by atomic mass is 9.92. The van der Waals surface area contributed by atoms with Crippen molar-refractivity contribution in [1.82, 2.24) is 9.88 Å². The second-order valence-electron chi connectivity index (χ2n) is 5.90. The Morgan fingerprint density at radius 3 is 3.10 bits per heavy atom. The average Bonchev–Trinajstić information content (AvgIpc) is 3.10. The van der Waals surface area contributed by atoms with E-state index in [1.807, 2.05) is 12.1 Å². The topological polar surface area (TPSA) is 25.4 Å². The Hall–Kier alpha value is -1.04. The first kappa shape index (κ1) is 13.6. The normalized spacial score (nSPS) is 24.1. The monoisotopic (exact) mass is 318 g/mol. The van der Waals surface area contributed by atoms with Gasteiger partial charge in [-0.15, -0.1) is 11.8 Å². The van der Waals surface area contributed by atoms with E-state index in [9.17, 15) is 0 Å². The molecule has 2 fully saturated rings. The highest BCUT2D eigenvalue weighted by atomic mass is 32.2. The highest BCUT2D eigenvalue weighted by molar-refractivity contribution is 8.01. The van der Waals surface area contributed by atoms with Crippen LogP contribution < -0.4 is 4.74 Å². The zero-order valence-corrected chi connectivity index (χ0v) is 13.4. The molecule has 21 heavy (non-hydrogen) atoms. The van der Waals surface area contributed by atoms with E-state index >= 15 is 0 Å². The number of thioether (sulfide) groups is 1. The number of ether oxygens (including phenoxy) is 1. The van der Waals surface area contributed by atoms with Gasteiger partial charge in [-0.05, 0) is 34.5 Å². The number of likely N-dealkylation sites (tertiary alicyclic amines) is 1. The van der Waals surface area contributed by atoms with Gasteiger partial charge in [-0.25, -0.2) is 0 Å². The number of thiophene rings is 1. The largest absolute Gasteiger partial charge is 0.488 e. The van der Waals surface area contributed by atoms with Crippen molar-refractivity contribution in [2.24, 2.45) is 0 Å². The van der Waals surface area contributed by atoms with Gasteiger partial charge in [-0.2, -0.15) is 11.3 Å². The molecule has 1 atom stereocenters. The minimum absolute atomic E-state index is 0.336. The molecule has 0 bridgehead atoms. The molecule has 2 aliphatic heterocycles. The number of pyridine rings is 1. The van der Waals surface area contributed by atoms with Gasteiger partial charge in [0.15, 0.2) is 0 Å². The van der Waals surface area contributed by atoms with Gasteiger partial charge in [0.05, 0.1) is 6.20 Å². The molecule has 4 heterocycles. The number of hydrogen-bond donors (Lipinski definition) is 0. The van der Waals surface area contributed by atoms with Crippen LogP contribution >= 0.6 is 23.1 Å². The second kappa shape index (κ2) is 5.63. The first-order chi connectivity index (χ1) is 10.3. The maximum atomic E-state index is 6.05. The first-order valence-electron chi connectivity index (χ1n) is 7.25. The maximum absolute atomic E-state index is 6.05. The van der Waals surface area contributed by atoms with Gasteiger partial charge >= 0.3 is 0 Å². The van der Waals surface area contributed by atoms with Gasteiger partial charge in [0, 0.05) is 42.8 Å². The third-order valence-electron chi connectivity index (χ3n) is 4.12. The van der Waals surface area contributed by atoms with Crippen LogP contribution in [0.15, 0.2) is 41.4 Å². The fourth-order valence-electron chi connectivity index (χ4n) is 3.23. The summed E-state index contributed by atoms with van der Waals surface area (Å²) >= 11 is 3.87. The van der Waals surface area contributed by atoms with Crippen molar-refractivity contribution >= 4 is 23.1 Å². The predicted octanol–water partition coefficient (Wildman–Crippen LogP) is 3.28. The predicted molar refractivity (Wildman–Crippen MR) is 88.1 cm³/mol. The minimum atomic E-state index is 0.336. The van der Waals surface area contributed by atoms with E-state index in [0.29, 0.717) is 10.9 Å². The molecule has 0 aliphatic carbocycles. The number of aromatic nitrogens is 1. The second-order valence-corrected chi connectivity index (χ2v) is 8.17. The summed E-state index contributed by atoms with van der Waals surface area (Å²) in [6.45, 7) is 3.49. The molecule has 0 radical (unpaired) electrons. The number of hydrogen-bond acceptors (Lipinski definition) is 5. The minimum Gasteiger partial charge on any atom is -0.488 e. The van der Waals surface area contributed by atoms with Crippen LogP contribution in [0.4, 0.5) is 0 Å². The Morgan fingerprint density at radius 2 is 2.33 bits per heavy atom. The number of rotatable bonds is 4. The molecule has 5 heteroatoms. The molecule has 2 aliphatic rings. The summed E-state index contributed by atoms with van der Waals surface area (Å²) in [6.07, 6.45) is 5.08. The van der Waals surface area contributed by atoms with E-state index in [2.05, 4.69) is 38.5 Å². The van der Waals surface area contributed by atoms with Crippen LogP contribution in [0.5, 0.6) is 5.75 Å². The number of nitrogens with zero attached hydrogens (tertiary/aromatic N) is 2. The van der Waals surface area contributed by atoms with Gasteiger partial charge in [0.25, 0.3) is 0 Å². The highest BCUT2D eigenvalue weighted by Gasteiger charge is 2.49. The van der Waals surface area contributed by atoms with E-state index in [1.165, 1.54) is 18.7 Å². The highest BCUT2D eigenvalue weighted by Crippen LogP contribution is 2.46. The Balaban J connectivity index is 1.29. The Morgan fingerprint density at radius 1 is 1.38 bits per heavy atom. The molecule has 2 aromatic heterocycles. The summed E-state index contributed by atoms with van der Waals surface area (Å²) < 4.78 is 6.48. The van der Waals surface area contributed by atoms with Crippen LogP contribution in [-0.2, 0) is 6.54 Å². The summed E-state index contributed by atoms with van der Waals surface area (Å²) in [5.74, 6) is 2.00. The standard InChI is InChI=1S/C16H18N2OS2/c1-2-14(7-17-4-1)19-15-6-16(21-10-15)11-18(12-16)8-13-3-5-20-9-13/h1-5,7,9,15H,6,8,10-12H2/t15-/m1/s1. The third kappa shape index (κ3) is 2.96. The van der Waals surface area contributed by atoms with Crippen LogP contribution in [0, 0.1) is 0 Å². The van der Waals surface area contributed by atoms with Crippen LogP contribution in [0.25, 0.3) is 0 Å². The van der Waals surface area contributed by atoms with Gasteiger partial charge in [-0.1, -0.05) is 0 Å². The molecule has 1 spiro atoms. The Bertz CT molecular complexity index is 582. The molecular weight excluding hydrogens is 300 g/mol. The molecule has 0 aromatic carbocycles. The maximum Gasteiger partial charge on any atom is 0.138 e. The van der Waals surface area contributed by atoms with E-state index in [1.54, 1.807) is 23.7 Å². The summed E-state index contributed by atoms with van der Waals surface area (Å²) in [6, 6.07) is 6.15. The molecule has 110 valence electrons. The van der Waals surface area contributed by atoms with Crippen LogP contribution in [-0.4, -0.2) is 39.6 Å². The van der Waals surface area contributed by atoms with Crippen LogP contribution in [0.3, 0.4) is 0 Å². The smallest absolute Gasteiger partial charge is 0.138 e. The van der Waals surface area contributed by atoms with Crippen LogP contribution in [0.2, 0.25) is 0 Å². The van der Waals surface area contributed by atoms with Crippen molar-refractivity contribution in [2.45, 2.75) is 23.8 Å². The van der Waals surface area contributed by atoms with Crippen molar-refractivity contribution in [1.29, 1.82) is 0 Å². The molecule has 4 rings (SSSR count). The molecular formula is C16H18N2OS2. The van der Waals surface area contributed by atoms with Gasteiger partial charge in [0.1, 0.15) is 11.9 Å². The van der Waals surface area contributed by atoms with Crippen LogP contribution in [0.1, 0.15) is 12.0 Å². The van der Waals surface area contributed by atoms with Gasteiger partial charge in [-0.3, -0.25) is 9.88 Å². The molecule has 0 unspecified atom stereocenters. The zero-order chi connectivity index (χ0) is 14.1. The van der Waals surface area contributed by atoms with Gasteiger partial charge in [0.2, 0.25) is 0 Å². The van der Waals surface area contributed by atoms with Crippen molar-refractivity contribution in [3.63, 3.8) is 0 Å². The average molecular weight is 318 g/mol. The fourth-order valence-corrected chi connectivity index (χ4v) is 5.47. The SMILES string of the molecule is c1cncc(O[C@H]2CSC3(C2)CN(Cc2ccsc2)C3)c1. The molecule has 0 amide bonds. The lowest BCUT2D eigenvalue weighted by Gasteiger charge is -2.47. The lowest BCUT2D eigenvalue weighted by Crippen LogP contribution is -2.58. The summed E-state index contributed by atoms with van der Waals surface area (Å²) in [7, 11) is 0. The van der Waals surface area contributed by atoms with E-state index in [4.69, 9.17) is 4.74 Å². The Labute approximate surface area is 133 Å². The molecule has 3 nitrogen and oxygen atoms in total. The lowest BCUT2D eigenvalue weighted by molar-refractivity contribution is 0.0921. The molecule has 2 saturated heterocycles. The van der Waals surface area contributed by atoms with Crippen molar-refractivity contribution in [3.8, 4) is 5.75 Å². The molecule has 2 aromatic rings. The quantitative estimate of drug-likeness (QED) is 0.864. The summed E-state index contributed by atoms with van der Waals surface area (Å²) in [5, 5.41) is 4.41. The van der Waals surface area contributed by atoms with E-state index in [0.717, 1.165) is 24.5 Å². The molecule has 0 saturated carbocycles. The fraction of sp³-hybridized carbons (Fsp3) is 0.438. The Kier molecular flexibility index (Phi) is 3.65. The van der Waals surface area contributed by atoms with Crippen molar-refractivity contribution in [3.05, 3.63) is 46.9 Å². The third-order valence-corrected chi connectivity index (χ3v) is 6.43. The van der Waals surface area contributed by atoms with E-state index < -0.39 is 0 Å². The van der Waals surface area contributed by atoms with Crippen molar-refractivity contribution < 1.29 is 4.74 Å². The zero-order valence-electron chi connectivity index (χ0n) is 11.8.